The molecule has 0 aliphatic heterocycles. The molecule has 1 atom stereocenters. The van der Waals surface area contributed by atoms with Crippen LogP contribution in [0.25, 0.3) is 10.9 Å². The summed E-state index contributed by atoms with van der Waals surface area (Å²) >= 11 is 0. The quantitative estimate of drug-likeness (QED) is 0.767. The Bertz CT molecular complexity index is 761. The van der Waals surface area contributed by atoms with Crippen molar-refractivity contribution in [2.75, 3.05) is 13.7 Å². The molecule has 0 aliphatic rings. The highest BCUT2D eigenvalue weighted by atomic mass is 16.5. The highest BCUT2D eigenvalue weighted by Crippen LogP contribution is 2.32. The number of nitrogens with two attached hydrogens (primary N) is 1. The van der Waals surface area contributed by atoms with Gasteiger partial charge in [-0.3, -0.25) is 0 Å². The van der Waals surface area contributed by atoms with Crippen LogP contribution in [0.2, 0.25) is 0 Å². The number of H-pyrrole nitrogens is 1. The van der Waals surface area contributed by atoms with Crippen molar-refractivity contribution in [3.05, 3.63) is 65.4 Å². The Morgan fingerprint density at radius 2 is 2.00 bits per heavy atom. The van der Waals surface area contributed by atoms with E-state index >= 15 is 0 Å². The lowest BCUT2D eigenvalue weighted by Crippen LogP contribution is -2.13. The third-order valence-electron chi connectivity index (χ3n) is 4.05. The fraction of sp³-hybridized carbons (Fsp3) is 0.222. The van der Waals surface area contributed by atoms with E-state index in [1.165, 1.54) is 16.5 Å². The molecule has 0 aliphatic carbocycles. The van der Waals surface area contributed by atoms with E-state index < -0.39 is 0 Å². The van der Waals surface area contributed by atoms with Crippen LogP contribution in [0.4, 0.5) is 0 Å². The average Bonchev–Trinajstić information content (AvgIpc) is 2.93. The molecule has 1 aromatic heterocycles. The summed E-state index contributed by atoms with van der Waals surface area (Å²) in [4.78, 5) is 3.33. The molecule has 3 heteroatoms. The van der Waals surface area contributed by atoms with Crippen LogP contribution in [-0.2, 0) is 0 Å². The molecule has 0 spiro atoms. The van der Waals surface area contributed by atoms with E-state index in [1.54, 1.807) is 7.11 Å². The van der Waals surface area contributed by atoms with Gasteiger partial charge in [-0.15, -0.1) is 0 Å². The number of nitrogens with one attached hydrogen (secondary N) is 1. The minimum Gasteiger partial charge on any atom is -0.496 e. The zero-order valence-corrected chi connectivity index (χ0v) is 12.4. The Morgan fingerprint density at radius 1 is 1.19 bits per heavy atom. The Hall–Kier alpha value is -2.26. The molecule has 0 saturated heterocycles. The van der Waals surface area contributed by atoms with Crippen molar-refractivity contribution in [1.82, 2.24) is 4.98 Å². The summed E-state index contributed by atoms with van der Waals surface area (Å²) in [6, 6.07) is 14.6. The van der Waals surface area contributed by atoms with Gasteiger partial charge >= 0.3 is 0 Å². The zero-order chi connectivity index (χ0) is 14.8. The van der Waals surface area contributed by atoms with Crippen LogP contribution < -0.4 is 10.5 Å². The van der Waals surface area contributed by atoms with E-state index in [4.69, 9.17) is 10.5 Å². The van der Waals surface area contributed by atoms with Crippen LogP contribution in [0.1, 0.15) is 22.6 Å². The van der Waals surface area contributed by atoms with Gasteiger partial charge in [0.05, 0.1) is 7.11 Å². The standard InChI is InChI=1S/C18H20N2O/c1-12-9-13(7-8-18(12)21-2)15(10-19)16-11-20-17-6-4-3-5-14(16)17/h3-9,11,15,20H,10,19H2,1-2H3. The maximum atomic E-state index is 6.06. The maximum absolute atomic E-state index is 6.06. The van der Waals surface area contributed by atoms with Gasteiger partial charge in [0.15, 0.2) is 0 Å². The minimum absolute atomic E-state index is 0.186. The molecule has 3 rings (SSSR count). The van der Waals surface area contributed by atoms with Crippen molar-refractivity contribution < 1.29 is 4.74 Å². The number of methoxy groups -OCH3 is 1. The predicted molar refractivity (Wildman–Crippen MR) is 86.9 cm³/mol. The average molecular weight is 280 g/mol. The molecule has 108 valence electrons. The first-order valence-corrected chi connectivity index (χ1v) is 7.15. The van der Waals surface area contributed by atoms with Crippen molar-refractivity contribution in [2.45, 2.75) is 12.8 Å². The highest BCUT2D eigenvalue weighted by Gasteiger charge is 2.17. The zero-order valence-electron chi connectivity index (χ0n) is 12.4. The van der Waals surface area contributed by atoms with Crippen LogP contribution in [0, 0.1) is 6.92 Å². The van der Waals surface area contributed by atoms with Gasteiger partial charge in [0.25, 0.3) is 0 Å². The second-order valence-corrected chi connectivity index (χ2v) is 5.31. The highest BCUT2D eigenvalue weighted by molar-refractivity contribution is 5.84. The number of para-hydroxylation sites is 1. The number of benzene rings is 2. The molecular formula is C18H20N2O. The van der Waals surface area contributed by atoms with Crippen LogP contribution in [0.3, 0.4) is 0 Å². The van der Waals surface area contributed by atoms with E-state index in [2.05, 4.69) is 48.4 Å². The summed E-state index contributed by atoms with van der Waals surface area (Å²) < 4.78 is 5.34. The van der Waals surface area contributed by atoms with Gasteiger partial charge < -0.3 is 15.5 Å². The Kier molecular flexibility index (Phi) is 3.67. The molecule has 1 unspecified atom stereocenters. The molecular weight excluding hydrogens is 260 g/mol. The predicted octanol–water partition coefficient (Wildman–Crippen LogP) is 3.58. The summed E-state index contributed by atoms with van der Waals surface area (Å²) in [6.07, 6.45) is 2.07. The smallest absolute Gasteiger partial charge is 0.121 e. The molecule has 0 saturated carbocycles. The van der Waals surface area contributed by atoms with Gasteiger partial charge in [0, 0.05) is 29.6 Å². The Labute approximate surface area is 124 Å². The first kappa shape index (κ1) is 13.7. The van der Waals surface area contributed by atoms with Crippen molar-refractivity contribution in [2.24, 2.45) is 5.73 Å². The van der Waals surface area contributed by atoms with Crippen LogP contribution in [-0.4, -0.2) is 18.6 Å². The van der Waals surface area contributed by atoms with Crippen LogP contribution in [0.15, 0.2) is 48.7 Å². The monoisotopic (exact) mass is 280 g/mol. The van der Waals surface area contributed by atoms with Crippen molar-refractivity contribution >= 4 is 10.9 Å². The number of rotatable bonds is 4. The first-order chi connectivity index (χ1) is 10.2. The second kappa shape index (κ2) is 5.62. The number of aromatic nitrogens is 1. The SMILES string of the molecule is COc1ccc(C(CN)c2c[nH]c3ccccc23)cc1C. The van der Waals surface area contributed by atoms with Crippen molar-refractivity contribution in [3.8, 4) is 5.75 Å². The molecule has 0 radical (unpaired) electrons. The topological polar surface area (TPSA) is 51.0 Å². The summed E-state index contributed by atoms with van der Waals surface area (Å²) in [6.45, 7) is 2.64. The van der Waals surface area contributed by atoms with Crippen LogP contribution >= 0.6 is 0 Å². The van der Waals surface area contributed by atoms with Gasteiger partial charge in [-0.2, -0.15) is 0 Å². The van der Waals surface area contributed by atoms with Crippen molar-refractivity contribution in [3.63, 3.8) is 0 Å². The molecule has 3 nitrogen and oxygen atoms in total. The lowest BCUT2D eigenvalue weighted by atomic mass is 9.90. The molecule has 0 fully saturated rings. The molecule has 0 amide bonds. The molecule has 0 bridgehead atoms. The van der Waals surface area contributed by atoms with E-state index in [9.17, 15) is 0 Å². The van der Waals surface area contributed by atoms with Crippen molar-refractivity contribution in [1.29, 1.82) is 0 Å². The van der Waals surface area contributed by atoms with E-state index in [-0.39, 0.29) is 5.92 Å². The Morgan fingerprint density at radius 3 is 2.71 bits per heavy atom. The largest absolute Gasteiger partial charge is 0.496 e. The molecule has 1 heterocycles. The summed E-state index contributed by atoms with van der Waals surface area (Å²) in [5.41, 5.74) is 10.8. The van der Waals surface area contributed by atoms with Gasteiger partial charge in [-0.1, -0.05) is 30.3 Å². The number of hydrogen-bond acceptors (Lipinski definition) is 2. The third-order valence-corrected chi connectivity index (χ3v) is 4.05. The fourth-order valence-corrected chi connectivity index (χ4v) is 2.94. The molecule has 21 heavy (non-hydrogen) atoms. The van der Waals surface area contributed by atoms with Gasteiger partial charge in [0.2, 0.25) is 0 Å². The third kappa shape index (κ3) is 2.41. The fourth-order valence-electron chi connectivity index (χ4n) is 2.94. The number of ether oxygens (including phenoxy) is 1. The molecule has 3 N–H and O–H groups in total. The normalized spacial score (nSPS) is 12.5. The van der Waals surface area contributed by atoms with Crippen LogP contribution in [0.5, 0.6) is 5.75 Å². The van der Waals surface area contributed by atoms with E-state index in [1.807, 2.05) is 12.1 Å². The molecule has 3 aromatic rings. The summed E-state index contributed by atoms with van der Waals surface area (Å²) in [5, 5.41) is 1.24. The van der Waals surface area contributed by atoms with E-state index in [0.29, 0.717) is 6.54 Å². The molecule has 2 aromatic carbocycles. The number of aryl methyl sites for hydroxylation is 1. The first-order valence-electron chi connectivity index (χ1n) is 7.15. The van der Waals surface area contributed by atoms with Gasteiger partial charge in [0.1, 0.15) is 5.75 Å². The lowest BCUT2D eigenvalue weighted by molar-refractivity contribution is 0.411. The van der Waals surface area contributed by atoms with Gasteiger partial charge in [-0.05, 0) is 35.7 Å². The number of fused-ring (bicyclic) bond motifs is 1. The Balaban J connectivity index is 2.08. The van der Waals surface area contributed by atoms with E-state index in [0.717, 1.165) is 16.8 Å². The summed E-state index contributed by atoms with van der Waals surface area (Å²) in [7, 11) is 1.70. The lowest BCUT2D eigenvalue weighted by Gasteiger charge is -2.16. The minimum atomic E-state index is 0.186. The number of aromatic amines is 1. The number of hydrogen-bond donors (Lipinski definition) is 2. The second-order valence-electron chi connectivity index (χ2n) is 5.31. The van der Waals surface area contributed by atoms with Gasteiger partial charge in [-0.25, -0.2) is 0 Å². The maximum Gasteiger partial charge on any atom is 0.121 e. The summed E-state index contributed by atoms with van der Waals surface area (Å²) in [5.74, 6) is 1.10.